The highest BCUT2D eigenvalue weighted by Crippen LogP contribution is 2.19. The van der Waals surface area contributed by atoms with Gasteiger partial charge in [-0.1, -0.05) is 0 Å². The minimum Gasteiger partial charge on any atom is -0.316 e. The third-order valence-electron chi connectivity index (χ3n) is 2.70. The number of benzene rings is 1. The van der Waals surface area contributed by atoms with Crippen LogP contribution in [0.1, 0.15) is 5.69 Å². The van der Waals surface area contributed by atoms with E-state index in [1.54, 1.807) is 6.07 Å². The molecule has 0 fully saturated rings. The molecule has 84 valence electrons. The van der Waals surface area contributed by atoms with Crippen molar-refractivity contribution in [1.82, 2.24) is 15.0 Å². The first-order chi connectivity index (χ1) is 8.15. The van der Waals surface area contributed by atoms with E-state index < -0.39 is 11.1 Å². The molecule has 0 bridgehead atoms. The van der Waals surface area contributed by atoms with Gasteiger partial charge in [0.1, 0.15) is 0 Å². The summed E-state index contributed by atoms with van der Waals surface area (Å²) >= 11 is 0. The zero-order valence-corrected chi connectivity index (χ0v) is 9.07. The van der Waals surface area contributed by atoms with E-state index >= 15 is 0 Å². The number of nitrogens with zero attached hydrogens (tertiary/aromatic N) is 1. The molecule has 0 aliphatic carbocycles. The van der Waals surface area contributed by atoms with Crippen molar-refractivity contribution in [3.63, 3.8) is 0 Å². The highest BCUT2D eigenvalue weighted by Gasteiger charge is 2.04. The molecule has 0 saturated heterocycles. The summed E-state index contributed by atoms with van der Waals surface area (Å²) in [4.78, 5) is 32.0. The van der Waals surface area contributed by atoms with E-state index in [4.69, 9.17) is 0 Å². The molecule has 1 aromatic carbocycles. The van der Waals surface area contributed by atoms with Gasteiger partial charge in [0.25, 0.3) is 0 Å². The van der Waals surface area contributed by atoms with Crippen LogP contribution in [0.2, 0.25) is 0 Å². The molecule has 5 heteroatoms. The van der Waals surface area contributed by atoms with E-state index in [1.165, 1.54) is 0 Å². The van der Waals surface area contributed by atoms with Crippen LogP contribution < -0.4 is 11.1 Å². The summed E-state index contributed by atoms with van der Waals surface area (Å²) in [7, 11) is 0. The molecule has 0 unspecified atom stereocenters. The minimum atomic E-state index is -0.648. The molecule has 0 aliphatic rings. The Balaban J connectivity index is 2.59. The maximum atomic E-state index is 11.3. The van der Waals surface area contributed by atoms with E-state index in [-0.39, 0.29) is 0 Å². The molecular formula is C12H9N3O2. The van der Waals surface area contributed by atoms with Gasteiger partial charge in [-0.2, -0.15) is 0 Å². The number of aromatic amines is 2. The maximum Gasteiger partial charge on any atom is 0.314 e. The van der Waals surface area contributed by atoms with E-state index in [1.807, 2.05) is 25.1 Å². The van der Waals surface area contributed by atoms with Gasteiger partial charge >= 0.3 is 11.1 Å². The lowest BCUT2D eigenvalue weighted by atomic mass is 10.1. The molecule has 0 saturated carbocycles. The zero-order valence-electron chi connectivity index (χ0n) is 9.07. The Morgan fingerprint density at radius 2 is 1.76 bits per heavy atom. The molecule has 5 nitrogen and oxygen atoms in total. The molecule has 17 heavy (non-hydrogen) atoms. The van der Waals surface area contributed by atoms with Gasteiger partial charge in [-0.25, -0.2) is 0 Å². The predicted octanol–water partition coefficient (Wildman–Crippen LogP) is 1.07. The Hall–Kier alpha value is -2.43. The molecule has 0 atom stereocenters. The van der Waals surface area contributed by atoms with Crippen LogP contribution in [-0.4, -0.2) is 15.0 Å². The number of hydrogen-bond acceptors (Lipinski definition) is 3. The highest BCUT2D eigenvalue weighted by molar-refractivity contribution is 6.01. The van der Waals surface area contributed by atoms with Crippen LogP contribution >= 0.6 is 0 Å². The molecule has 2 aromatic heterocycles. The SMILES string of the molecule is Cc1ccc2c(ccc3[nH]c(=O)c(=O)[nH]c32)n1. The van der Waals surface area contributed by atoms with Crippen LogP contribution in [0.3, 0.4) is 0 Å². The van der Waals surface area contributed by atoms with Gasteiger partial charge in [-0.3, -0.25) is 14.6 Å². The number of H-pyrrole nitrogens is 2. The lowest BCUT2D eigenvalue weighted by Crippen LogP contribution is -2.28. The lowest BCUT2D eigenvalue weighted by molar-refractivity contribution is 1.15. The highest BCUT2D eigenvalue weighted by atomic mass is 16.2. The van der Waals surface area contributed by atoms with E-state index in [9.17, 15) is 9.59 Å². The molecule has 3 rings (SSSR count). The van der Waals surface area contributed by atoms with Crippen molar-refractivity contribution in [3.05, 3.63) is 50.7 Å². The van der Waals surface area contributed by atoms with Crippen LogP contribution in [0.15, 0.2) is 33.9 Å². The second kappa shape index (κ2) is 3.28. The van der Waals surface area contributed by atoms with Crippen LogP contribution in [0.4, 0.5) is 0 Å². The van der Waals surface area contributed by atoms with Gasteiger partial charge in [0.15, 0.2) is 0 Å². The van der Waals surface area contributed by atoms with Crippen molar-refractivity contribution in [2.45, 2.75) is 6.92 Å². The summed E-state index contributed by atoms with van der Waals surface area (Å²) in [6.07, 6.45) is 0. The van der Waals surface area contributed by atoms with Crippen LogP contribution in [0, 0.1) is 6.92 Å². The van der Waals surface area contributed by atoms with Crippen molar-refractivity contribution >= 4 is 21.9 Å². The number of hydrogen-bond donors (Lipinski definition) is 2. The molecule has 2 heterocycles. The molecule has 0 spiro atoms. The van der Waals surface area contributed by atoms with E-state index in [2.05, 4.69) is 15.0 Å². The molecule has 0 aliphatic heterocycles. The van der Waals surface area contributed by atoms with E-state index in [0.717, 1.165) is 16.6 Å². The average molecular weight is 227 g/mol. The Bertz CT molecular complexity index is 846. The Morgan fingerprint density at radius 3 is 2.59 bits per heavy atom. The standard InChI is InChI=1S/C12H9N3O2/c1-6-2-3-7-8(13-6)4-5-9-10(7)15-12(17)11(16)14-9/h2-5H,1H3,(H,14,16)(H,15,17). The molecule has 2 N–H and O–H groups in total. The lowest BCUT2D eigenvalue weighted by Gasteiger charge is -2.03. The number of aromatic nitrogens is 3. The number of pyridine rings is 1. The van der Waals surface area contributed by atoms with Crippen molar-refractivity contribution in [1.29, 1.82) is 0 Å². The summed E-state index contributed by atoms with van der Waals surface area (Å²) in [6.45, 7) is 1.90. The van der Waals surface area contributed by atoms with Gasteiger partial charge in [0.05, 0.1) is 16.6 Å². The van der Waals surface area contributed by atoms with Crippen molar-refractivity contribution < 1.29 is 0 Å². The largest absolute Gasteiger partial charge is 0.316 e. The number of nitrogens with one attached hydrogen (secondary N) is 2. The first-order valence-electron chi connectivity index (χ1n) is 5.18. The monoisotopic (exact) mass is 227 g/mol. The second-order valence-corrected chi connectivity index (χ2v) is 3.92. The topological polar surface area (TPSA) is 78.6 Å². The van der Waals surface area contributed by atoms with Crippen LogP contribution in [0.25, 0.3) is 21.9 Å². The van der Waals surface area contributed by atoms with Gasteiger partial charge in [0.2, 0.25) is 0 Å². The number of aryl methyl sites for hydroxylation is 1. The summed E-state index contributed by atoms with van der Waals surface area (Å²) in [5, 5.41) is 0.821. The Morgan fingerprint density at radius 1 is 1.00 bits per heavy atom. The van der Waals surface area contributed by atoms with E-state index in [0.29, 0.717) is 11.0 Å². The number of fused-ring (bicyclic) bond motifs is 3. The fourth-order valence-electron chi connectivity index (χ4n) is 1.89. The fourth-order valence-corrected chi connectivity index (χ4v) is 1.89. The third-order valence-corrected chi connectivity index (χ3v) is 2.70. The average Bonchev–Trinajstić information content (AvgIpc) is 2.30. The van der Waals surface area contributed by atoms with Crippen LogP contribution in [-0.2, 0) is 0 Å². The van der Waals surface area contributed by atoms with Gasteiger partial charge in [-0.05, 0) is 31.2 Å². The summed E-state index contributed by atoms with van der Waals surface area (Å²) in [5.41, 5.74) is 1.62. The van der Waals surface area contributed by atoms with Crippen LogP contribution in [0.5, 0.6) is 0 Å². The Kier molecular flexibility index (Phi) is 1.89. The first-order valence-corrected chi connectivity index (χ1v) is 5.18. The normalized spacial score (nSPS) is 11.1. The smallest absolute Gasteiger partial charge is 0.314 e. The van der Waals surface area contributed by atoms with Crippen molar-refractivity contribution in [2.24, 2.45) is 0 Å². The summed E-state index contributed by atoms with van der Waals surface area (Å²) < 4.78 is 0. The van der Waals surface area contributed by atoms with Crippen molar-refractivity contribution in [3.8, 4) is 0 Å². The van der Waals surface area contributed by atoms with Gasteiger partial charge < -0.3 is 9.97 Å². The Labute approximate surface area is 95.1 Å². The van der Waals surface area contributed by atoms with Gasteiger partial charge in [-0.15, -0.1) is 0 Å². The first kappa shape index (κ1) is 9.77. The summed E-state index contributed by atoms with van der Waals surface area (Å²) in [5.74, 6) is 0. The maximum absolute atomic E-state index is 11.3. The molecular weight excluding hydrogens is 218 g/mol. The predicted molar refractivity (Wildman–Crippen MR) is 65.2 cm³/mol. The molecule has 0 radical (unpaired) electrons. The molecule has 3 aromatic rings. The quantitative estimate of drug-likeness (QED) is 0.445. The number of rotatable bonds is 0. The fraction of sp³-hybridized carbons (Fsp3) is 0.0833. The minimum absolute atomic E-state index is 0.604. The zero-order chi connectivity index (χ0) is 12.0. The third kappa shape index (κ3) is 1.44. The molecule has 0 amide bonds. The second-order valence-electron chi connectivity index (χ2n) is 3.92. The summed E-state index contributed by atoms with van der Waals surface area (Å²) in [6, 6.07) is 7.31. The van der Waals surface area contributed by atoms with Crippen molar-refractivity contribution in [2.75, 3.05) is 0 Å². The van der Waals surface area contributed by atoms with Gasteiger partial charge in [0, 0.05) is 11.1 Å².